The monoisotopic (exact) mass is 188 g/mol. The Morgan fingerprint density at radius 1 is 1.17 bits per heavy atom. The molecule has 0 fully saturated rings. The molecule has 12 heavy (non-hydrogen) atoms. The minimum Gasteiger partial charge on any atom is -0.176 e. The molecule has 0 rings (SSSR count). The molecule has 1 heteroatoms. The average Bonchev–Trinajstić information content (AvgIpc) is 2.06. The van der Waals surface area contributed by atoms with Crippen LogP contribution in [0.2, 0.25) is 0 Å². The van der Waals surface area contributed by atoms with Crippen LogP contribution in [0.15, 0.2) is 12.7 Å². The zero-order chi connectivity index (χ0) is 9.82. The van der Waals surface area contributed by atoms with Crippen LogP contribution in [0.3, 0.4) is 0 Å². The highest BCUT2D eigenvalue weighted by Crippen LogP contribution is 2.09. The van der Waals surface area contributed by atoms with E-state index < -0.39 is 0 Å². The van der Waals surface area contributed by atoms with E-state index in [9.17, 15) is 0 Å². The summed E-state index contributed by atoms with van der Waals surface area (Å²) in [6.45, 7) is 9.96. The van der Waals surface area contributed by atoms with Gasteiger partial charge in [0.25, 0.3) is 0 Å². The largest absolute Gasteiger partial charge is 0.176 e. The molecule has 0 saturated carbocycles. The van der Waals surface area contributed by atoms with Gasteiger partial charge in [0.1, 0.15) is 0 Å². The van der Waals surface area contributed by atoms with Crippen LogP contribution in [-0.2, 0) is 0 Å². The quantitative estimate of drug-likeness (QED) is 0.478. The molecule has 0 aliphatic heterocycles. The molecular weight excluding hydrogens is 164 g/mol. The predicted octanol–water partition coefficient (Wildman–Crippen LogP) is 4.47. The van der Waals surface area contributed by atoms with Gasteiger partial charge in [-0.3, -0.25) is 0 Å². The molecular formula is C11H24S. The lowest BCUT2D eigenvalue weighted by atomic mass is 10.2. The van der Waals surface area contributed by atoms with Gasteiger partial charge in [-0.25, -0.2) is 0 Å². The predicted molar refractivity (Wildman–Crippen MR) is 63.1 cm³/mol. The van der Waals surface area contributed by atoms with Gasteiger partial charge in [0, 0.05) is 5.25 Å². The molecule has 0 aromatic carbocycles. The Morgan fingerprint density at radius 2 is 1.50 bits per heavy atom. The minimum atomic E-state index is 0.657. The summed E-state index contributed by atoms with van der Waals surface area (Å²) in [5.41, 5.74) is 0. The molecule has 74 valence electrons. The van der Waals surface area contributed by atoms with E-state index in [1.54, 1.807) is 0 Å². The first-order valence-corrected chi connectivity index (χ1v) is 5.53. The molecule has 0 aliphatic rings. The summed E-state index contributed by atoms with van der Waals surface area (Å²) in [5, 5.41) is 0.657. The fraction of sp³-hybridized carbons (Fsp3) is 0.818. The number of thiol groups is 1. The number of rotatable bonds is 5. The third-order valence-corrected chi connectivity index (χ3v) is 2.05. The molecule has 0 aliphatic carbocycles. The molecule has 0 aromatic rings. The van der Waals surface area contributed by atoms with E-state index in [4.69, 9.17) is 0 Å². The van der Waals surface area contributed by atoms with Crippen molar-refractivity contribution in [2.45, 2.75) is 58.1 Å². The van der Waals surface area contributed by atoms with E-state index in [2.05, 4.69) is 40.0 Å². The Balaban J connectivity index is 0. The highest BCUT2D eigenvalue weighted by atomic mass is 32.1. The summed E-state index contributed by atoms with van der Waals surface area (Å²) in [6.07, 6.45) is 8.05. The molecule has 0 bridgehead atoms. The molecule has 0 radical (unpaired) electrons. The summed E-state index contributed by atoms with van der Waals surface area (Å²) in [4.78, 5) is 0. The summed E-state index contributed by atoms with van der Waals surface area (Å²) >= 11 is 4.39. The summed E-state index contributed by atoms with van der Waals surface area (Å²) in [7, 11) is 0. The molecule has 0 unspecified atom stereocenters. The van der Waals surface area contributed by atoms with E-state index in [1.807, 2.05) is 6.08 Å². The normalized spacial score (nSPS) is 9.08. The van der Waals surface area contributed by atoms with Crippen molar-refractivity contribution in [1.82, 2.24) is 0 Å². The lowest BCUT2D eigenvalue weighted by Gasteiger charge is -2.04. The first kappa shape index (κ1) is 14.6. The number of allylic oxidation sites excluding steroid dienone is 1. The van der Waals surface area contributed by atoms with Gasteiger partial charge in [-0.2, -0.15) is 12.6 Å². The molecule has 0 spiro atoms. The van der Waals surface area contributed by atoms with Gasteiger partial charge in [0.2, 0.25) is 0 Å². The van der Waals surface area contributed by atoms with Crippen LogP contribution in [0.1, 0.15) is 52.9 Å². The van der Waals surface area contributed by atoms with Crippen molar-refractivity contribution in [2.75, 3.05) is 0 Å². The van der Waals surface area contributed by atoms with Crippen LogP contribution in [-0.4, -0.2) is 5.25 Å². The topological polar surface area (TPSA) is 0 Å². The summed E-state index contributed by atoms with van der Waals surface area (Å²) in [5.74, 6) is 0. The third-order valence-electron chi connectivity index (χ3n) is 1.53. The Hall–Kier alpha value is 0.0900. The van der Waals surface area contributed by atoms with Crippen LogP contribution in [0.5, 0.6) is 0 Å². The second kappa shape index (κ2) is 13.7. The van der Waals surface area contributed by atoms with Crippen molar-refractivity contribution in [3.63, 3.8) is 0 Å². The smallest absolute Gasteiger partial charge is 0.00166 e. The second-order valence-electron chi connectivity index (χ2n) is 2.93. The van der Waals surface area contributed by atoms with Crippen LogP contribution in [0, 0.1) is 0 Å². The van der Waals surface area contributed by atoms with Crippen molar-refractivity contribution in [1.29, 1.82) is 0 Å². The van der Waals surface area contributed by atoms with E-state index >= 15 is 0 Å². The first-order valence-electron chi connectivity index (χ1n) is 5.01. The van der Waals surface area contributed by atoms with Crippen molar-refractivity contribution >= 4 is 12.6 Å². The van der Waals surface area contributed by atoms with Crippen molar-refractivity contribution in [2.24, 2.45) is 0 Å². The average molecular weight is 188 g/mol. The van der Waals surface area contributed by atoms with Crippen molar-refractivity contribution in [3.8, 4) is 0 Å². The van der Waals surface area contributed by atoms with Crippen molar-refractivity contribution in [3.05, 3.63) is 12.7 Å². The minimum absolute atomic E-state index is 0.657. The summed E-state index contributed by atoms with van der Waals surface area (Å²) < 4.78 is 0. The van der Waals surface area contributed by atoms with Crippen LogP contribution < -0.4 is 0 Å². The van der Waals surface area contributed by atoms with Crippen LogP contribution >= 0.6 is 12.6 Å². The van der Waals surface area contributed by atoms with E-state index in [1.165, 1.54) is 25.7 Å². The Labute approximate surface area is 83.9 Å². The maximum Gasteiger partial charge on any atom is 0.00166 e. The zero-order valence-corrected chi connectivity index (χ0v) is 9.74. The van der Waals surface area contributed by atoms with Gasteiger partial charge < -0.3 is 0 Å². The lowest BCUT2D eigenvalue weighted by molar-refractivity contribution is 0.676. The van der Waals surface area contributed by atoms with E-state index in [0.29, 0.717) is 5.25 Å². The summed E-state index contributed by atoms with van der Waals surface area (Å²) in [6, 6.07) is 0. The highest BCUT2D eigenvalue weighted by Gasteiger charge is 1.96. The van der Waals surface area contributed by atoms with Gasteiger partial charge >= 0.3 is 0 Å². The lowest BCUT2D eigenvalue weighted by Crippen LogP contribution is -1.95. The fourth-order valence-electron chi connectivity index (χ4n) is 0.811. The fourth-order valence-corrected chi connectivity index (χ4v) is 1.33. The second-order valence-corrected chi connectivity index (χ2v) is 3.66. The van der Waals surface area contributed by atoms with Gasteiger partial charge in [-0.05, 0) is 19.3 Å². The molecule has 0 atom stereocenters. The third kappa shape index (κ3) is 16.6. The first-order chi connectivity index (χ1) is 5.72. The maximum absolute atomic E-state index is 4.39. The SMILES string of the molecule is C=CCC.CCCC(S)CCC. The molecule has 0 amide bonds. The van der Waals surface area contributed by atoms with Crippen LogP contribution in [0.25, 0.3) is 0 Å². The van der Waals surface area contributed by atoms with Gasteiger partial charge in [-0.15, -0.1) is 6.58 Å². The Bertz CT molecular complexity index is 73.1. The molecule has 0 nitrogen and oxygen atoms in total. The molecule has 0 saturated heterocycles. The van der Waals surface area contributed by atoms with Gasteiger partial charge in [-0.1, -0.05) is 39.7 Å². The highest BCUT2D eigenvalue weighted by molar-refractivity contribution is 7.80. The Kier molecular flexibility index (Phi) is 16.6. The van der Waals surface area contributed by atoms with Crippen LogP contribution in [0.4, 0.5) is 0 Å². The van der Waals surface area contributed by atoms with Gasteiger partial charge in [0.15, 0.2) is 0 Å². The Morgan fingerprint density at radius 3 is 1.67 bits per heavy atom. The zero-order valence-electron chi connectivity index (χ0n) is 8.84. The van der Waals surface area contributed by atoms with E-state index in [-0.39, 0.29) is 0 Å². The van der Waals surface area contributed by atoms with E-state index in [0.717, 1.165) is 6.42 Å². The van der Waals surface area contributed by atoms with Crippen molar-refractivity contribution < 1.29 is 0 Å². The number of hydrogen-bond donors (Lipinski definition) is 1. The molecule has 0 aromatic heterocycles. The van der Waals surface area contributed by atoms with Gasteiger partial charge in [0.05, 0.1) is 0 Å². The maximum atomic E-state index is 4.39. The standard InChI is InChI=1S/C7H16S.C4H8/c1-3-5-7(8)6-4-2;1-3-4-2/h7-8H,3-6H2,1-2H3;3H,1,4H2,2H3. The number of hydrogen-bond acceptors (Lipinski definition) is 1. The molecule has 0 N–H and O–H groups in total. The molecule has 0 heterocycles.